The Morgan fingerprint density at radius 2 is 1.85 bits per heavy atom. The Balaban J connectivity index is 1.97. The van der Waals surface area contributed by atoms with Gasteiger partial charge >= 0.3 is 5.97 Å². The van der Waals surface area contributed by atoms with Crippen molar-refractivity contribution in [2.75, 3.05) is 32.1 Å². The average Bonchev–Trinajstić information content (AvgIpc) is 3.26. The van der Waals surface area contributed by atoms with Crippen molar-refractivity contribution >= 4 is 34.1 Å². The standard InChI is InChI=1S/C19H29N3O4S/c1-6-26-18(25)16-13(12-7-8-12)11-27-17(16)20-14(23)9-22(5)10-15(24)21-19(2,3)4/h11-12H,6-10H2,1-5H3,(H,20,23)(H,21,24). The molecule has 2 N–H and O–H groups in total. The molecule has 0 spiro atoms. The van der Waals surface area contributed by atoms with Crippen LogP contribution in [0.1, 0.15) is 62.4 Å². The molecule has 150 valence electrons. The number of anilines is 1. The molecule has 1 aliphatic carbocycles. The number of carbonyl (C=O) groups excluding carboxylic acids is 3. The normalized spacial score (nSPS) is 14.1. The monoisotopic (exact) mass is 395 g/mol. The third kappa shape index (κ3) is 6.62. The van der Waals surface area contributed by atoms with Crippen LogP contribution in [0.25, 0.3) is 0 Å². The summed E-state index contributed by atoms with van der Waals surface area (Å²) in [6.45, 7) is 7.94. The van der Waals surface area contributed by atoms with Crippen LogP contribution in [0.3, 0.4) is 0 Å². The maximum atomic E-state index is 12.4. The molecule has 0 radical (unpaired) electrons. The van der Waals surface area contributed by atoms with Gasteiger partial charge in [-0.05, 0) is 64.4 Å². The minimum atomic E-state index is -0.395. The molecule has 1 heterocycles. The minimum Gasteiger partial charge on any atom is -0.462 e. The fraction of sp³-hybridized carbons (Fsp3) is 0.632. The van der Waals surface area contributed by atoms with Crippen molar-refractivity contribution in [3.8, 4) is 0 Å². The molecule has 1 aromatic rings. The molecule has 0 atom stereocenters. The third-order valence-corrected chi connectivity index (χ3v) is 4.82. The van der Waals surface area contributed by atoms with E-state index in [9.17, 15) is 14.4 Å². The van der Waals surface area contributed by atoms with E-state index in [1.165, 1.54) is 11.3 Å². The Kier molecular flexibility index (Phi) is 7.00. The molecule has 8 heteroatoms. The summed E-state index contributed by atoms with van der Waals surface area (Å²) in [7, 11) is 1.71. The number of esters is 1. The lowest BCUT2D eigenvalue weighted by Crippen LogP contribution is -2.46. The van der Waals surface area contributed by atoms with Crippen molar-refractivity contribution in [3.05, 3.63) is 16.5 Å². The number of carbonyl (C=O) groups is 3. The SMILES string of the molecule is CCOC(=O)c1c(C2CC2)csc1NC(=O)CN(C)CC(=O)NC(C)(C)C. The zero-order valence-electron chi connectivity index (χ0n) is 16.7. The lowest BCUT2D eigenvalue weighted by Gasteiger charge is -2.23. The number of rotatable bonds is 8. The highest BCUT2D eigenvalue weighted by Crippen LogP contribution is 2.46. The molecule has 7 nitrogen and oxygen atoms in total. The molecular weight excluding hydrogens is 366 g/mol. The molecule has 1 saturated carbocycles. The second-order valence-electron chi connectivity index (χ2n) is 7.91. The summed E-state index contributed by atoms with van der Waals surface area (Å²) >= 11 is 1.35. The number of thiophene rings is 1. The molecule has 0 bridgehead atoms. The van der Waals surface area contributed by atoms with Crippen LogP contribution in [0.4, 0.5) is 5.00 Å². The summed E-state index contributed by atoms with van der Waals surface area (Å²) in [5.74, 6) is -0.420. The van der Waals surface area contributed by atoms with E-state index in [2.05, 4.69) is 10.6 Å². The van der Waals surface area contributed by atoms with Crippen molar-refractivity contribution < 1.29 is 19.1 Å². The van der Waals surface area contributed by atoms with Crippen molar-refractivity contribution in [2.24, 2.45) is 0 Å². The Bertz CT molecular complexity index is 704. The van der Waals surface area contributed by atoms with Crippen molar-refractivity contribution in [1.82, 2.24) is 10.2 Å². The largest absolute Gasteiger partial charge is 0.462 e. The summed E-state index contributed by atoms with van der Waals surface area (Å²) in [4.78, 5) is 38.3. The molecule has 0 unspecified atom stereocenters. The summed E-state index contributed by atoms with van der Waals surface area (Å²) < 4.78 is 5.16. The average molecular weight is 396 g/mol. The Morgan fingerprint density at radius 1 is 1.22 bits per heavy atom. The van der Waals surface area contributed by atoms with E-state index in [-0.39, 0.29) is 37.0 Å². The second-order valence-corrected chi connectivity index (χ2v) is 8.79. The van der Waals surface area contributed by atoms with Gasteiger partial charge in [-0.2, -0.15) is 0 Å². The van der Waals surface area contributed by atoms with Gasteiger partial charge in [0.1, 0.15) is 5.00 Å². The molecule has 1 aromatic heterocycles. The summed E-state index contributed by atoms with van der Waals surface area (Å²) in [6.07, 6.45) is 2.12. The number of likely N-dealkylation sites (N-methyl/N-ethyl adjacent to an activating group) is 1. The van der Waals surface area contributed by atoms with E-state index in [4.69, 9.17) is 4.74 Å². The van der Waals surface area contributed by atoms with Gasteiger partial charge in [-0.25, -0.2) is 4.79 Å². The predicted octanol–water partition coefficient (Wildman–Crippen LogP) is 2.59. The van der Waals surface area contributed by atoms with Gasteiger partial charge in [0.05, 0.1) is 25.3 Å². The summed E-state index contributed by atoms with van der Waals surface area (Å²) in [5, 5.41) is 8.12. The molecular formula is C19H29N3O4S. The van der Waals surface area contributed by atoms with Crippen LogP contribution >= 0.6 is 11.3 Å². The van der Waals surface area contributed by atoms with Crippen molar-refractivity contribution in [3.63, 3.8) is 0 Å². The molecule has 0 saturated heterocycles. The molecule has 27 heavy (non-hydrogen) atoms. The van der Waals surface area contributed by atoms with Crippen molar-refractivity contribution in [1.29, 1.82) is 0 Å². The third-order valence-electron chi connectivity index (χ3n) is 3.91. The van der Waals surface area contributed by atoms with Gasteiger partial charge in [-0.3, -0.25) is 14.5 Å². The number of hydrogen-bond donors (Lipinski definition) is 2. The molecule has 1 fully saturated rings. The maximum absolute atomic E-state index is 12.4. The van der Waals surface area contributed by atoms with Gasteiger partial charge < -0.3 is 15.4 Å². The summed E-state index contributed by atoms with van der Waals surface area (Å²) in [5.41, 5.74) is 1.13. The number of hydrogen-bond acceptors (Lipinski definition) is 6. The molecule has 0 aromatic carbocycles. The van der Waals surface area contributed by atoms with Gasteiger partial charge in [-0.15, -0.1) is 11.3 Å². The number of amides is 2. The van der Waals surface area contributed by atoms with Crippen LogP contribution in [0, 0.1) is 0 Å². The lowest BCUT2D eigenvalue weighted by atomic mass is 10.1. The van der Waals surface area contributed by atoms with Crippen LogP contribution in [-0.4, -0.2) is 55.0 Å². The first kappa shape index (κ1) is 21.4. The van der Waals surface area contributed by atoms with E-state index in [0.717, 1.165) is 18.4 Å². The number of ether oxygens (including phenoxy) is 1. The topological polar surface area (TPSA) is 87.7 Å². The van der Waals surface area contributed by atoms with Gasteiger partial charge in [0.15, 0.2) is 0 Å². The Morgan fingerprint density at radius 3 is 2.41 bits per heavy atom. The van der Waals surface area contributed by atoms with E-state index in [1.807, 2.05) is 26.2 Å². The summed E-state index contributed by atoms with van der Waals surface area (Å²) in [6, 6.07) is 0. The van der Waals surface area contributed by atoms with Crippen LogP contribution in [0.2, 0.25) is 0 Å². The van der Waals surface area contributed by atoms with Crippen LogP contribution < -0.4 is 10.6 Å². The predicted molar refractivity (Wildman–Crippen MR) is 106 cm³/mol. The first-order chi connectivity index (χ1) is 12.6. The highest BCUT2D eigenvalue weighted by Gasteiger charge is 2.32. The lowest BCUT2D eigenvalue weighted by molar-refractivity contribution is -0.124. The smallest absolute Gasteiger partial charge is 0.341 e. The Labute approximate surface area is 164 Å². The maximum Gasteiger partial charge on any atom is 0.341 e. The van der Waals surface area contributed by atoms with Crippen molar-refractivity contribution in [2.45, 2.75) is 52.0 Å². The molecule has 2 amide bonds. The van der Waals surface area contributed by atoms with Gasteiger partial charge in [-0.1, -0.05) is 0 Å². The highest BCUT2D eigenvalue weighted by molar-refractivity contribution is 7.15. The first-order valence-corrected chi connectivity index (χ1v) is 10.1. The number of nitrogens with zero attached hydrogens (tertiary/aromatic N) is 1. The van der Waals surface area contributed by atoms with Crippen LogP contribution in [-0.2, 0) is 14.3 Å². The van der Waals surface area contributed by atoms with Gasteiger partial charge in [0.25, 0.3) is 0 Å². The molecule has 1 aliphatic rings. The second kappa shape index (κ2) is 8.84. The van der Waals surface area contributed by atoms with E-state index in [1.54, 1.807) is 18.9 Å². The fourth-order valence-corrected chi connectivity index (χ4v) is 3.79. The van der Waals surface area contributed by atoms with Crippen LogP contribution in [0.5, 0.6) is 0 Å². The van der Waals surface area contributed by atoms with Crippen LogP contribution in [0.15, 0.2) is 5.38 Å². The Hall–Kier alpha value is -1.93. The van der Waals surface area contributed by atoms with E-state index < -0.39 is 5.97 Å². The fourth-order valence-electron chi connectivity index (χ4n) is 2.74. The minimum absolute atomic E-state index is 0.0521. The zero-order chi connectivity index (χ0) is 20.2. The first-order valence-electron chi connectivity index (χ1n) is 9.18. The van der Waals surface area contributed by atoms with E-state index in [0.29, 0.717) is 16.5 Å². The van der Waals surface area contributed by atoms with Gasteiger partial charge in [0, 0.05) is 5.54 Å². The van der Waals surface area contributed by atoms with E-state index >= 15 is 0 Å². The van der Waals surface area contributed by atoms with Gasteiger partial charge in [0.2, 0.25) is 11.8 Å². The zero-order valence-corrected chi connectivity index (χ0v) is 17.5. The molecule has 2 rings (SSSR count). The molecule has 0 aliphatic heterocycles. The highest BCUT2D eigenvalue weighted by atomic mass is 32.1. The number of nitrogens with one attached hydrogen (secondary N) is 2. The quantitative estimate of drug-likeness (QED) is 0.661.